The molecule has 0 saturated carbocycles. The molecule has 0 aromatic heterocycles. The highest BCUT2D eigenvalue weighted by Gasteiger charge is 2.37. The molecule has 2 rings (SSSR count). The van der Waals surface area contributed by atoms with Crippen molar-refractivity contribution in [2.45, 2.75) is 38.6 Å². The first-order valence-electron chi connectivity index (χ1n) is 6.95. The third kappa shape index (κ3) is 2.71. The Labute approximate surface area is 116 Å². The van der Waals surface area contributed by atoms with Gasteiger partial charge in [0.2, 0.25) is 0 Å². The molecule has 0 aliphatic carbocycles. The van der Waals surface area contributed by atoms with Crippen molar-refractivity contribution < 1.29 is 9.47 Å². The summed E-state index contributed by atoms with van der Waals surface area (Å²) in [6.45, 7) is 7.94. The van der Waals surface area contributed by atoms with Crippen LogP contribution in [0.3, 0.4) is 0 Å². The summed E-state index contributed by atoms with van der Waals surface area (Å²) in [6, 6.07) is 6.74. The number of rotatable bonds is 4. The molecule has 1 aromatic carbocycles. The van der Waals surface area contributed by atoms with E-state index in [1.165, 1.54) is 12.0 Å². The number of methoxy groups -OCH3 is 2. The Kier molecular flexibility index (Phi) is 4.04. The Morgan fingerprint density at radius 3 is 2.47 bits per heavy atom. The molecule has 2 unspecified atom stereocenters. The highest BCUT2D eigenvalue weighted by molar-refractivity contribution is 5.45. The second kappa shape index (κ2) is 5.41. The first-order chi connectivity index (χ1) is 8.98. The maximum absolute atomic E-state index is 5.56. The van der Waals surface area contributed by atoms with Gasteiger partial charge in [0.05, 0.1) is 14.2 Å². The van der Waals surface area contributed by atoms with E-state index in [2.05, 4.69) is 32.2 Å². The van der Waals surface area contributed by atoms with E-state index in [0.717, 1.165) is 18.0 Å². The minimum absolute atomic E-state index is 0.0926. The van der Waals surface area contributed by atoms with Crippen LogP contribution in [0.4, 0.5) is 0 Å². The van der Waals surface area contributed by atoms with Gasteiger partial charge >= 0.3 is 0 Å². The van der Waals surface area contributed by atoms with Crippen molar-refractivity contribution in [2.75, 3.05) is 20.8 Å². The molecule has 1 fully saturated rings. The largest absolute Gasteiger partial charge is 0.497 e. The summed E-state index contributed by atoms with van der Waals surface area (Å²) < 4.78 is 10.8. The third-order valence-corrected chi connectivity index (χ3v) is 4.47. The molecule has 1 aliphatic heterocycles. The van der Waals surface area contributed by atoms with Crippen LogP contribution in [-0.4, -0.2) is 26.8 Å². The lowest BCUT2D eigenvalue weighted by atomic mass is 9.72. The number of hydrogen-bond donors (Lipinski definition) is 1. The molecule has 3 heteroatoms. The highest BCUT2D eigenvalue weighted by Crippen LogP contribution is 2.42. The van der Waals surface area contributed by atoms with E-state index in [1.807, 2.05) is 12.1 Å². The molecular formula is C16H25NO2. The van der Waals surface area contributed by atoms with Crippen molar-refractivity contribution in [3.05, 3.63) is 23.8 Å². The predicted molar refractivity (Wildman–Crippen MR) is 78.1 cm³/mol. The van der Waals surface area contributed by atoms with Gasteiger partial charge in [0, 0.05) is 17.7 Å². The van der Waals surface area contributed by atoms with Gasteiger partial charge in [0.1, 0.15) is 11.5 Å². The highest BCUT2D eigenvalue weighted by atomic mass is 16.5. The van der Waals surface area contributed by atoms with Crippen LogP contribution < -0.4 is 14.8 Å². The lowest BCUT2D eigenvalue weighted by Gasteiger charge is -2.33. The number of benzene rings is 1. The zero-order valence-corrected chi connectivity index (χ0v) is 12.6. The molecule has 1 N–H and O–H groups in total. The van der Waals surface area contributed by atoms with Gasteiger partial charge in [-0.05, 0) is 37.3 Å². The van der Waals surface area contributed by atoms with Gasteiger partial charge in [-0.3, -0.25) is 0 Å². The van der Waals surface area contributed by atoms with Gasteiger partial charge in [-0.2, -0.15) is 0 Å². The van der Waals surface area contributed by atoms with Crippen LogP contribution >= 0.6 is 0 Å². The molecule has 2 atom stereocenters. The van der Waals surface area contributed by atoms with E-state index in [1.54, 1.807) is 14.2 Å². The Morgan fingerprint density at radius 2 is 1.95 bits per heavy atom. The Hall–Kier alpha value is -1.22. The van der Waals surface area contributed by atoms with Gasteiger partial charge in [-0.15, -0.1) is 0 Å². The van der Waals surface area contributed by atoms with E-state index in [9.17, 15) is 0 Å². The molecule has 0 bridgehead atoms. The molecule has 19 heavy (non-hydrogen) atoms. The van der Waals surface area contributed by atoms with Crippen LogP contribution in [0.2, 0.25) is 0 Å². The first-order valence-corrected chi connectivity index (χ1v) is 6.95. The van der Waals surface area contributed by atoms with Crippen LogP contribution in [0, 0.1) is 5.92 Å². The fourth-order valence-electron chi connectivity index (χ4n) is 3.04. The summed E-state index contributed by atoms with van der Waals surface area (Å²) in [5, 5.41) is 3.54. The van der Waals surface area contributed by atoms with E-state index >= 15 is 0 Å². The monoisotopic (exact) mass is 263 g/mol. The van der Waals surface area contributed by atoms with Crippen molar-refractivity contribution in [3.8, 4) is 11.5 Å². The van der Waals surface area contributed by atoms with Crippen molar-refractivity contribution in [3.63, 3.8) is 0 Å². The van der Waals surface area contributed by atoms with Crippen LogP contribution in [-0.2, 0) is 5.41 Å². The second-order valence-electron chi connectivity index (χ2n) is 6.03. The van der Waals surface area contributed by atoms with Crippen molar-refractivity contribution in [2.24, 2.45) is 5.92 Å². The number of hydrogen-bond acceptors (Lipinski definition) is 3. The fourth-order valence-corrected chi connectivity index (χ4v) is 3.04. The standard InChI is InChI=1S/C16H25NO2/c1-11-8-12(10-17-11)16(2,3)14-7-6-13(18-4)9-15(14)19-5/h6-7,9,11-12,17H,8,10H2,1-5H3. The lowest BCUT2D eigenvalue weighted by molar-refractivity contribution is 0.317. The van der Waals surface area contributed by atoms with Gasteiger partial charge in [0.25, 0.3) is 0 Å². The minimum atomic E-state index is 0.0926. The Balaban J connectivity index is 2.33. The molecular weight excluding hydrogens is 238 g/mol. The summed E-state index contributed by atoms with van der Waals surface area (Å²) in [6.07, 6.45) is 1.21. The molecule has 0 spiro atoms. The SMILES string of the molecule is COc1ccc(C(C)(C)C2CNC(C)C2)c(OC)c1. The van der Waals surface area contributed by atoms with E-state index < -0.39 is 0 Å². The molecule has 1 saturated heterocycles. The van der Waals surface area contributed by atoms with Crippen molar-refractivity contribution >= 4 is 0 Å². The van der Waals surface area contributed by atoms with Crippen LogP contribution in [0.5, 0.6) is 11.5 Å². The lowest BCUT2D eigenvalue weighted by Crippen LogP contribution is -2.30. The molecule has 0 amide bonds. The zero-order chi connectivity index (χ0) is 14.0. The zero-order valence-electron chi connectivity index (χ0n) is 12.6. The Morgan fingerprint density at radius 1 is 1.21 bits per heavy atom. The fraction of sp³-hybridized carbons (Fsp3) is 0.625. The maximum atomic E-state index is 5.56. The Bertz CT molecular complexity index is 442. The van der Waals surface area contributed by atoms with Crippen LogP contribution in [0.25, 0.3) is 0 Å². The number of nitrogens with one attached hydrogen (secondary N) is 1. The van der Waals surface area contributed by atoms with Gasteiger partial charge in [-0.25, -0.2) is 0 Å². The van der Waals surface area contributed by atoms with Crippen molar-refractivity contribution in [1.29, 1.82) is 0 Å². The summed E-state index contributed by atoms with van der Waals surface area (Å²) in [5.41, 5.74) is 1.35. The summed E-state index contributed by atoms with van der Waals surface area (Å²) in [5.74, 6) is 2.39. The molecule has 3 nitrogen and oxygen atoms in total. The van der Waals surface area contributed by atoms with E-state index in [0.29, 0.717) is 12.0 Å². The summed E-state index contributed by atoms with van der Waals surface area (Å²) in [7, 11) is 3.41. The van der Waals surface area contributed by atoms with Gasteiger partial charge in [0.15, 0.2) is 0 Å². The summed E-state index contributed by atoms with van der Waals surface area (Å²) >= 11 is 0. The van der Waals surface area contributed by atoms with Gasteiger partial charge in [-0.1, -0.05) is 19.9 Å². The van der Waals surface area contributed by atoms with Gasteiger partial charge < -0.3 is 14.8 Å². The molecule has 0 radical (unpaired) electrons. The summed E-state index contributed by atoms with van der Waals surface area (Å²) in [4.78, 5) is 0. The first kappa shape index (κ1) is 14.2. The van der Waals surface area contributed by atoms with Crippen molar-refractivity contribution in [1.82, 2.24) is 5.32 Å². The minimum Gasteiger partial charge on any atom is -0.497 e. The third-order valence-electron chi connectivity index (χ3n) is 4.47. The number of ether oxygens (including phenoxy) is 2. The second-order valence-corrected chi connectivity index (χ2v) is 6.03. The smallest absolute Gasteiger partial charge is 0.126 e. The maximum Gasteiger partial charge on any atom is 0.126 e. The van der Waals surface area contributed by atoms with E-state index in [-0.39, 0.29) is 5.41 Å². The molecule has 1 heterocycles. The van der Waals surface area contributed by atoms with Crippen LogP contribution in [0.15, 0.2) is 18.2 Å². The molecule has 1 aromatic rings. The molecule has 106 valence electrons. The quantitative estimate of drug-likeness (QED) is 0.906. The topological polar surface area (TPSA) is 30.5 Å². The van der Waals surface area contributed by atoms with Crippen LogP contribution in [0.1, 0.15) is 32.8 Å². The van der Waals surface area contributed by atoms with E-state index in [4.69, 9.17) is 9.47 Å². The average Bonchev–Trinajstić information content (AvgIpc) is 2.85. The normalized spacial score (nSPS) is 23.4. The average molecular weight is 263 g/mol. The molecule has 1 aliphatic rings. The predicted octanol–water partition coefficient (Wildman–Crippen LogP) is 2.98.